The van der Waals surface area contributed by atoms with Crippen molar-refractivity contribution >= 4 is 9.84 Å². The van der Waals surface area contributed by atoms with Crippen LogP contribution in [0.15, 0.2) is 0 Å². The highest BCUT2D eigenvalue weighted by Gasteiger charge is 2.41. The Morgan fingerprint density at radius 1 is 1.24 bits per heavy atom. The molecule has 0 aromatic heterocycles. The second kappa shape index (κ2) is 4.88. The second-order valence-electron chi connectivity index (χ2n) is 6.32. The Labute approximate surface area is 105 Å². The summed E-state index contributed by atoms with van der Waals surface area (Å²) in [5, 5.41) is 3.62. The molecular weight excluding hydrogens is 234 g/mol. The first kappa shape index (κ1) is 13.3. The van der Waals surface area contributed by atoms with Gasteiger partial charge in [0, 0.05) is 24.6 Å². The molecule has 0 saturated heterocycles. The molecule has 3 nitrogen and oxygen atoms in total. The molecule has 0 bridgehead atoms. The molecule has 1 unspecified atom stereocenters. The average molecular weight is 259 g/mol. The van der Waals surface area contributed by atoms with E-state index in [1.165, 1.54) is 31.9 Å². The van der Waals surface area contributed by atoms with Crippen molar-refractivity contribution in [1.82, 2.24) is 5.32 Å². The summed E-state index contributed by atoms with van der Waals surface area (Å²) < 4.78 is 22.3. The van der Waals surface area contributed by atoms with E-state index in [2.05, 4.69) is 12.2 Å². The number of sulfone groups is 1. The lowest BCUT2D eigenvalue weighted by molar-refractivity contribution is 0.234. The van der Waals surface area contributed by atoms with Crippen LogP contribution in [0.1, 0.15) is 45.4 Å². The van der Waals surface area contributed by atoms with Crippen LogP contribution in [0.2, 0.25) is 0 Å². The van der Waals surface area contributed by atoms with E-state index in [4.69, 9.17) is 0 Å². The minimum Gasteiger partial charge on any atom is -0.313 e. The van der Waals surface area contributed by atoms with E-state index in [-0.39, 0.29) is 0 Å². The lowest BCUT2D eigenvalue weighted by atomic mass is 9.80. The zero-order valence-electron chi connectivity index (χ0n) is 11.0. The second-order valence-corrected chi connectivity index (χ2v) is 8.58. The van der Waals surface area contributed by atoms with Crippen LogP contribution in [-0.4, -0.2) is 33.0 Å². The lowest BCUT2D eigenvalue weighted by Crippen LogP contribution is -2.35. The standard InChI is InChI=1S/C13H25NO2S/c1-13(11-4-5-11,10-14-12-6-7-12)8-3-9-17(2,15)16/h11-12,14H,3-10H2,1-2H3. The molecule has 1 atom stereocenters. The van der Waals surface area contributed by atoms with Crippen LogP contribution in [0.3, 0.4) is 0 Å². The van der Waals surface area contributed by atoms with Crippen LogP contribution in [0.25, 0.3) is 0 Å². The summed E-state index contributed by atoms with van der Waals surface area (Å²) in [6, 6.07) is 0.753. The van der Waals surface area contributed by atoms with Crippen molar-refractivity contribution in [3.8, 4) is 0 Å². The fourth-order valence-electron chi connectivity index (χ4n) is 2.62. The maximum atomic E-state index is 11.2. The summed E-state index contributed by atoms with van der Waals surface area (Å²) in [4.78, 5) is 0. The minimum atomic E-state index is -2.79. The average Bonchev–Trinajstić information content (AvgIpc) is 3.04. The van der Waals surface area contributed by atoms with Gasteiger partial charge in [0.2, 0.25) is 0 Å². The summed E-state index contributed by atoms with van der Waals surface area (Å²) >= 11 is 0. The third kappa shape index (κ3) is 4.59. The Kier molecular flexibility index (Phi) is 3.83. The fourth-order valence-corrected chi connectivity index (χ4v) is 3.29. The molecule has 1 N–H and O–H groups in total. The van der Waals surface area contributed by atoms with Crippen molar-refractivity contribution in [2.45, 2.75) is 51.5 Å². The van der Waals surface area contributed by atoms with Gasteiger partial charge in [-0.3, -0.25) is 0 Å². The molecule has 0 aliphatic heterocycles. The van der Waals surface area contributed by atoms with Gasteiger partial charge < -0.3 is 5.32 Å². The summed E-state index contributed by atoms with van der Waals surface area (Å²) in [7, 11) is -2.79. The molecule has 2 rings (SSSR count). The quantitative estimate of drug-likeness (QED) is 0.725. The van der Waals surface area contributed by atoms with Gasteiger partial charge in [-0.05, 0) is 49.9 Å². The van der Waals surface area contributed by atoms with Crippen molar-refractivity contribution in [3.63, 3.8) is 0 Å². The molecule has 0 aromatic rings. The van der Waals surface area contributed by atoms with Gasteiger partial charge >= 0.3 is 0 Å². The van der Waals surface area contributed by atoms with Crippen LogP contribution in [0, 0.1) is 11.3 Å². The van der Waals surface area contributed by atoms with Crippen molar-refractivity contribution < 1.29 is 8.42 Å². The van der Waals surface area contributed by atoms with Crippen LogP contribution in [-0.2, 0) is 9.84 Å². The van der Waals surface area contributed by atoms with Crippen molar-refractivity contribution in [2.24, 2.45) is 11.3 Å². The monoisotopic (exact) mass is 259 g/mol. The summed E-state index contributed by atoms with van der Waals surface area (Å²) in [5.74, 6) is 1.17. The van der Waals surface area contributed by atoms with E-state index >= 15 is 0 Å². The lowest BCUT2D eigenvalue weighted by Gasteiger charge is -2.30. The predicted octanol–water partition coefficient (Wildman–Crippen LogP) is 1.98. The first-order valence-corrected chi connectivity index (χ1v) is 8.86. The van der Waals surface area contributed by atoms with Crippen LogP contribution in [0.4, 0.5) is 0 Å². The van der Waals surface area contributed by atoms with E-state index < -0.39 is 9.84 Å². The Hall–Kier alpha value is -0.0900. The molecule has 0 spiro atoms. The van der Waals surface area contributed by atoms with Crippen molar-refractivity contribution in [1.29, 1.82) is 0 Å². The van der Waals surface area contributed by atoms with Gasteiger partial charge in [0.05, 0.1) is 0 Å². The van der Waals surface area contributed by atoms with E-state index in [1.807, 2.05) is 0 Å². The van der Waals surface area contributed by atoms with Gasteiger partial charge in [-0.1, -0.05) is 6.92 Å². The number of hydrogen-bond acceptors (Lipinski definition) is 3. The number of nitrogens with one attached hydrogen (secondary N) is 1. The molecule has 17 heavy (non-hydrogen) atoms. The van der Waals surface area contributed by atoms with Crippen LogP contribution >= 0.6 is 0 Å². The molecule has 0 radical (unpaired) electrons. The fraction of sp³-hybridized carbons (Fsp3) is 1.00. The highest BCUT2D eigenvalue weighted by atomic mass is 32.2. The van der Waals surface area contributed by atoms with Crippen molar-refractivity contribution in [3.05, 3.63) is 0 Å². The topological polar surface area (TPSA) is 46.2 Å². The molecule has 2 saturated carbocycles. The number of hydrogen-bond donors (Lipinski definition) is 1. The Balaban J connectivity index is 1.78. The molecule has 0 heterocycles. The number of rotatable bonds is 8. The molecule has 2 aliphatic rings. The van der Waals surface area contributed by atoms with Crippen LogP contribution < -0.4 is 5.32 Å². The van der Waals surface area contributed by atoms with E-state index in [0.717, 1.165) is 31.3 Å². The summed E-state index contributed by atoms with van der Waals surface area (Å²) in [6.07, 6.45) is 8.52. The molecule has 100 valence electrons. The third-order valence-electron chi connectivity index (χ3n) is 4.20. The molecule has 2 fully saturated rings. The normalized spacial score (nSPS) is 24.6. The maximum absolute atomic E-state index is 11.2. The predicted molar refractivity (Wildman–Crippen MR) is 70.8 cm³/mol. The van der Waals surface area contributed by atoms with Gasteiger partial charge in [-0.25, -0.2) is 8.42 Å². The Morgan fingerprint density at radius 3 is 2.35 bits per heavy atom. The first-order chi connectivity index (χ1) is 7.89. The maximum Gasteiger partial charge on any atom is 0.147 e. The van der Waals surface area contributed by atoms with Gasteiger partial charge in [-0.2, -0.15) is 0 Å². The van der Waals surface area contributed by atoms with Gasteiger partial charge in [0.15, 0.2) is 0 Å². The summed E-state index contributed by atoms with van der Waals surface area (Å²) in [6.45, 7) is 3.41. The summed E-state index contributed by atoms with van der Waals surface area (Å²) in [5.41, 5.74) is 0.327. The largest absolute Gasteiger partial charge is 0.313 e. The zero-order chi connectivity index (χ0) is 12.5. The van der Waals surface area contributed by atoms with Gasteiger partial charge in [-0.15, -0.1) is 0 Å². The molecule has 0 amide bonds. The van der Waals surface area contributed by atoms with E-state index in [9.17, 15) is 8.42 Å². The highest BCUT2D eigenvalue weighted by Crippen LogP contribution is 2.48. The third-order valence-corrected chi connectivity index (χ3v) is 5.23. The molecule has 4 heteroatoms. The highest BCUT2D eigenvalue weighted by molar-refractivity contribution is 7.90. The molecular formula is C13H25NO2S. The molecule has 2 aliphatic carbocycles. The zero-order valence-corrected chi connectivity index (χ0v) is 11.9. The first-order valence-electron chi connectivity index (χ1n) is 6.80. The van der Waals surface area contributed by atoms with E-state index in [0.29, 0.717) is 11.2 Å². The van der Waals surface area contributed by atoms with Gasteiger partial charge in [0.25, 0.3) is 0 Å². The van der Waals surface area contributed by atoms with E-state index in [1.54, 1.807) is 0 Å². The SMILES string of the molecule is CC(CCCS(C)(=O)=O)(CNC1CC1)C1CC1. The smallest absolute Gasteiger partial charge is 0.147 e. The van der Waals surface area contributed by atoms with Crippen LogP contribution in [0.5, 0.6) is 0 Å². The molecule has 0 aromatic carbocycles. The minimum absolute atomic E-state index is 0.327. The Morgan fingerprint density at radius 2 is 1.88 bits per heavy atom. The van der Waals surface area contributed by atoms with Gasteiger partial charge in [0.1, 0.15) is 9.84 Å². The Bertz CT molecular complexity index is 358. The van der Waals surface area contributed by atoms with Crippen molar-refractivity contribution in [2.75, 3.05) is 18.6 Å².